The third-order valence-corrected chi connectivity index (χ3v) is 2.10. The number of hydrogen-bond donors (Lipinski definition) is 1. The maximum Gasteiger partial charge on any atom is 0.236 e. The molecule has 0 aromatic heterocycles. The quantitative estimate of drug-likeness (QED) is 0.675. The van der Waals surface area contributed by atoms with Gasteiger partial charge in [0.05, 0.1) is 6.54 Å². The van der Waals surface area contributed by atoms with Gasteiger partial charge < -0.3 is 10.2 Å². The van der Waals surface area contributed by atoms with Crippen LogP contribution in [-0.2, 0) is 4.79 Å². The Kier molecular flexibility index (Phi) is 7.48. The number of carbonyl (C=O) groups is 1. The average Bonchev–Trinajstić information content (AvgIpc) is 2.13. The van der Waals surface area contributed by atoms with Gasteiger partial charge in [-0.25, -0.2) is 0 Å². The van der Waals surface area contributed by atoms with Gasteiger partial charge in [-0.05, 0) is 18.9 Å². The van der Waals surface area contributed by atoms with Crippen LogP contribution in [0, 0.1) is 5.92 Å². The van der Waals surface area contributed by atoms with Crippen molar-refractivity contribution in [3.63, 3.8) is 0 Å². The van der Waals surface area contributed by atoms with Gasteiger partial charge >= 0.3 is 0 Å². The zero-order valence-corrected chi connectivity index (χ0v) is 9.97. The first-order valence-electron chi connectivity index (χ1n) is 5.52. The minimum atomic E-state index is 0.194. The summed E-state index contributed by atoms with van der Waals surface area (Å²) in [6.07, 6.45) is 2.23. The molecule has 1 N–H and O–H groups in total. The number of rotatable bonds is 7. The van der Waals surface area contributed by atoms with Crippen LogP contribution in [0.25, 0.3) is 0 Å². The maximum absolute atomic E-state index is 11.5. The molecule has 3 heteroatoms. The molecule has 0 fully saturated rings. The summed E-state index contributed by atoms with van der Waals surface area (Å²) in [4.78, 5) is 13.3. The lowest BCUT2D eigenvalue weighted by Crippen LogP contribution is -2.37. The van der Waals surface area contributed by atoms with Crippen molar-refractivity contribution in [2.45, 2.75) is 33.6 Å². The summed E-state index contributed by atoms with van der Waals surface area (Å²) < 4.78 is 0. The molecule has 84 valence electrons. The number of likely N-dealkylation sites (N-methyl/N-ethyl adjacent to an activating group) is 1. The molecule has 0 saturated heterocycles. The second-order valence-corrected chi connectivity index (χ2v) is 4.19. The van der Waals surface area contributed by atoms with E-state index in [9.17, 15) is 4.79 Å². The van der Waals surface area contributed by atoms with Gasteiger partial charge in [0.15, 0.2) is 0 Å². The smallest absolute Gasteiger partial charge is 0.236 e. The molecule has 0 unspecified atom stereocenters. The molecule has 0 atom stereocenters. The van der Waals surface area contributed by atoms with Crippen molar-refractivity contribution in [3.8, 4) is 0 Å². The molecule has 0 aromatic rings. The predicted octanol–water partition coefficient (Wildman–Crippen LogP) is 1.49. The molecule has 1 amide bonds. The lowest BCUT2D eigenvalue weighted by Gasteiger charge is -2.17. The number of nitrogens with one attached hydrogen (secondary N) is 1. The molecule has 0 bridgehead atoms. The van der Waals surface area contributed by atoms with Crippen LogP contribution in [0.5, 0.6) is 0 Å². The lowest BCUT2D eigenvalue weighted by molar-refractivity contribution is -0.129. The van der Waals surface area contributed by atoms with Gasteiger partial charge in [0.25, 0.3) is 0 Å². The highest BCUT2D eigenvalue weighted by atomic mass is 16.2. The molecule has 0 heterocycles. The van der Waals surface area contributed by atoms with E-state index in [0.717, 1.165) is 25.9 Å². The predicted molar refractivity (Wildman–Crippen MR) is 60.3 cm³/mol. The minimum Gasteiger partial charge on any atom is -0.345 e. The van der Waals surface area contributed by atoms with E-state index < -0.39 is 0 Å². The van der Waals surface area contributed by atoms with E-state index in [1.807, 2.05) is 7.05 Å². The van der Waals surface area contributed by atoms with Crippen LogP contribution in [0.4, 0.5) is 0 Å². The minimum absolute atomic E-state index is 0.194. The van der Waals surface area contributed by atoms with Crippen molar-refractivity contribution in [2.75, 3.05) is 26.7 Å². The molecule has 3 nitrogen and oxygen atoms in total. The Bertz CT molecular complexity index is 157. The first kappa shape index (κ1) is 13.4. The van der Waals surface area contributed by atoms with Gasteiger partial charge in [-0.3, -0.25) is 4.79 Å². The molecule has 0 aliphatic carbocycles. The number of nitrogens with zero attached hydrogens (tertiary/aromatic N) is 1. The largest absolute Gasteiger partial charge is 0.345 e. The van der Waals surface area contributed by atoms with Crippen LogP contribution in [0.15, 0.2) is 0 Å². The van der Waals surface area contributed by atoms with Crippen molar-refractivity contribution in [1.29, 1.82) is 0 Å². The summed E-state index contributed by atoms with van der Waals surface area (Å²) in [6.45, 7) is 8.66. The van der Waals surface area contributed by atoms with E-state index in [0.29, 0.717) is 12.5 Å². The summed E-state index contributed by atoms with van der Waals surface area (Å²) >= 11 is 0. The standard InChI is InChI=1S/C11H24N2O/c1-5-6-7-13(4)11(14)9-12-8-10(2)3/h10,12H,5-9H2,1-4H3. The maximum atomic E-state index is 11.5. The molecule has 0 aliphatic rings. The second-order valence-electron chi connectivity index (χ2n) is 4.19. The van der Waals surface area contributed by atoms with Crippen LogP contribution in [0.1, 0.15) is 33.6 Å². The molecule has 0 rings (SSSR count). The molecule has 0 aliphatic heterocycles. The first-order chi connectivity index (χ1) is 6.57. The van der Waals surface area contributed by atoms with Crippen LogP contribution in [-0.4, -0.2) is 37.5 Å². The fourth-order valence-electron chi connectivity index (χ4n) is 1.12. The van der Waals surface area contributed by atoms with Gasteiger partial charge in [-0.1, -0.05) is 27.2 Å². The molecule has 0 spiro atoms. The van der Waals surface area contributed by atoms with Crippen molar-refractivity contribution in [1.82, 2.24) is 10.2 Å². The Balaban J connectivity index is 3.52. The Morgan fingerprint density at radius 3 is 2.57 bits per heavy atom. The van der Waals surface area contributed by atoms with Crippen LogP contribution >= 0.6 is 0 Å². The van der Waals surface area contributed by atoms with Gasteiger partial charge in [-0.15, -0.1) is 0 Å². The Morgan fingerprint density at radius 1 is 1.43 bits per heavy atom. The van der Waals surface area contributed by atoms with E-state index in [1.54, 1.807) is 4.90 Å². The summed E-state index contributed by atoms with van der Waals surface area (Å²) in [6, 6.07) is 0. The number of carbonyl (C=O) groups excluding carboxylic acids is 1. The molecule has 0 saturated carbocycles. The Morgan fingerprint density at radius 2 is 2.07 bits per heavy atom. The fraction of sp³-hybridized carbons (Fsp3) is 0.909. The molecule has 0 radical (unpaired) electrons. The third-order valence-electron chi connectivity index (χ3n) is 2.10. The van der Waals surface area contributed by atoms with Crippen molar-refractivity contribution in [2.24, 2.45) is 5.92 Å². The van der Waals surface area contributed by atoms with E-state index in [2.05, 4.69) is 26.1 Å². The van der Waals surface area contributed by atoms with Crippen LogP contribution in [0.2, 0.25) is 0 Å². The number of amides is 1. The van der Waals surface area contributed by atoms with Crippen molar-refractivity contribution >= 4 is 5.91 Å². The summed E-state index contributed by atoms with van der Waals surface area (Å²) in [5, 5.41) is 3.15. The first-order valence-corrected chi connectivity index (χ1v) is 5.52. The van der Waals surface area contributed by atoms with Gasteiger partial charge in [0, 0.05) is 13.6 Å². The average molecular weight is 200 g/mol. The highest BCUT2D eigenvalue weighted by Gasteiger charge is 2.06. The van der Waals surface area contributed by atoms with Gasteiger partial charge in [0.1, 0.15) is 0 Å². The van der Waals surface area contributed by atoms with Crippen LogP contribution < -0.4 is 5.32 Å². The molecule has 0 aromatic carbocycles. The fourth-order valence-corrected chi connectivity index (χ4v) is 1.12. The Hall–Kier alpha value is -0.570. The number of hydrogen-bond acceptors (Lipinski definition) is 2. The van der Waals surface area contributed by atoms with E-state index >= 15 is 0 Å². The van der Waals surface area contributed by atoms with E-state index in [-0.39, 0.29) is 5.91 Å². The zero-order valence-electron chi connectivity index (χ0n) is 9.97. The Labute approximate surface area is 87.9 Å². The van der Waals surface area contributed by atoms with Crippen molar-refractivity contribution in [3.05, 3.63) is 0 Å². The monoisotopic (exact) mass is 200 g/mol. The van der Waals surface area contributed by atoms with Gasteiger partial charge in [-0.2, -0.15) is 0 Å². The molecule has 14 heavy (non-hydrogen) atoms. The third kappa shape index (κ3) is 6.89. The second kappa shape index (κ2) is 7.80. The normalized spacial score (nSPS) is 10.6. The summed E-state index contributed by atoms with van der Waals surface area (Å²) in [7, 11) is 1.87. The SMILES string of the molecule is CCCCN(C)C(=O)CNCC(C)C. The summed E-state index contributed by atoms with van der Waals surface area (Å²) in [5.74, 6) is 0.794. The molecular formula is C11H24N2O. The summed E-state index contributed by atoms with van der Waals surface area (Å²) in [5.41, 5.74) is 0. The van der Waals surface area contributed by atoms with Gasteiger partial charge in [0.2, 0.25) is 5.91 Å². The van der Waals surface area contributed by atoms with E-state index in [4.69, 9.17) is 0 Å². The highest BCUT2D eigenvalue weighted by molar-refractivity contribution is 5.77. The van der Waals surface area contributed by atoms with Crippen LogP contribution in [0.3, 0.4) is 0 Å². The van der Waals surface area contributed by atoms with Crippen molar-refractivity contribution < 1.29 is 4.79 Å². The number of unbranched alkanes of at least 4 members (excludes halogenated alkanes) is 1. The lowest BCUT2D eigenvalue weighted by atomic mass is 10.2. The highest BCUT2D eigenvalue weighted by Crippen LogP contribution is 1.92. The topological polar surface area (TPSA) is 32.3 Å². The van der Waals surface area contributed by atoms with E-state index in [1.165, 1.54) is 0 Å². The molecular weight excluding hydrogens is 176 g/mol. The zero-order chi connectivity index (χ0) is 11.0.